The van der Waals surface area contributed by atoms with Gasteiger partial charge in [-0.15, -0.1) is 0 Å². The van der Waals surface area contributed by atoms with Crippen molar-refractivity contribution in [1.29, 1.82) is 0 Å². The second kappa shape index (κ2) is 5.79. The second-order valence-electron chi connectivity index (χ2n) is 6.10. The third-order valence-electron chi connectivity index (χ3n) is 3.32. The van der Waals surface area contributed by atoms with Crippen molar-refractivity contribution in [3.05, 3.63) is 23.3 Å². The average Bonchev–Trinajstić information content (AvgIpc) is 2.35. The molecule has 0 aromatic heterocycles. The zero-order valence-corrected chi connectivity index (χ0v) is 13.4. The lowest BCUT2D eigenvalue weighted by atomic mass is 9.79. The number of nitrogens with zero attached hydrogens (tertiary/aromatic N) is 1. The van der Waals surface area contributed by atoms with Gasteiger partial charge in [-0.25, -0.2) is 11.4 Å². The third kappa shape index (κ3) is 3.84. The van der Waals surface area contributed by atoms with Gasteiger partial charge in [0.15, 0.2) is 0 Å². The van der Waals surface area contributed by atoms with Crippen LogP contribution in [0, 0.1) is 12.5 Å². The van der Waals surface area contributed by atoms with Gasteiger partial charge in [-0.2, -0.15) is 0 Å². The molecule has 5 heteroatoms. The predicted molar refractivity (Wildman–Crippen MR) is 76.9 cm³/mol. The minimum absolute atomic E-state index is 0.127. The Labute approximate surface area is 116 Å². The summed E-state index contributed by atoms with van der Waals surface area (Å²) in [7, 11) is -0.310. The highest BCUT2D eigenvalue weighted by molar-refractivity contribution is 6.70. The lowest BCUT2D eigenvalue weighted by Gasteiger charge is -2.30. The van der Waals surface area contributed by atoms with Crippen LogP contribution < -0.4 is 0 Å². The number of carbonyl (C=O) groups is 1. The van der Waals surface area contributed by atoms with Crippen LogP contribution in [0.15, 0.2) is 11.8 Å². The molecule has 0 fully saturated rings. The van der Waals surface area contributed by atoms with Crippen molar-refractivity contribution in [1.82, 2.24) is 0 Å². The molecule has 19 heavy (non-hydrogen) atoms. The number of rotatable bonds is 4. The Balaban J connectivity index is 2.97. The van der Waals surface area contributed by atoms with Crippen molar-refractivity contribution in [2.24, 2.45) is 5.92 Å². The van der Waals surface area contributed by atoms with E-state index in [1.807, 2.05) is 6.08 Å². The van der Waals surface area contributed by atoms with Gasteiger partial charge in [0, 0.05) is 13.3 Å². The third-order valence-corrected chi connectivity index (χ3v) is 4.19. The molecule has 1 rings (SSSR count). The van der Waals surface area contributed by atoms with E-state index >= 15 is 0 Å². The van der Waals surface area contributed by atoms with Gasteiger partial charge in [0.05, 0.1) is 18.8 Å². The van der Waals surface area contributed by atoms with E-state index in [2.05, 4.69) is 24.5 Å². The molecule has 1 aliphatic rings. The van der Waals surface area contributed by atoms with Crippen molar-refractivity contribution < 1.29 is 14.0 Å². The van der Waals surface area contributed by atoms with E-state index in [4.69, 9.17) is 15.7 Å². The fourth-order valence-corrected chi connectivity index (χ4v) is 3.25. The molecule has 2 atom stereocenters. The molecule has 0 radical (unpaired) electrons. The van der Waals surface area contributed by atoms with E-state index in [0.29, 0.717) is 0 Å². The van der Waals surface area contributed by atoms with Crippen LogP contribution in [0.2, 0.25) is 19.6 Å². The lowest BCUT2D eigenvalue weighted by molar-refractivity contribution is -0.146. The number of carbonyl (C=O) groups excluding carboxylic acids is 1. The molecule has 2 unspecified atom stereocenters. The van der Waals surface area contributed by atoms with Crippen molar-refractivity contribution in [3.8, 4) is 0 Å². The van der Waals surface area contributed by atoms with Crippen LogP contribution >= 0.6 is 0 Å². The summed E-state index contributed by atoms with van der Waals surface area (Å²) < 4.78 is 10.8. The van der Waals surface area contributed by atoms with Crippen LogP contribution in [0.3, 0.4) is 0 Å². The normalized spacial score (nSPS) is 22.7. The van der Waals surface area contributed by atoms with Crippen molar-refractivity contribution in [2.75, 3.05) is 7.11 Å². The molecule has 1 aliphatic carbocycles. The maximum absolute atomic E-state index is 11.9. The zero-order chi connectivity index (χ0) is 14.7. The molecule has 0 aliphatic heterocycles. The largest absolute Gasteiger partial charge is 0.548 e. The fraction of sp³-hybridized carbons (Fsp3) is 0.714. The van der Waals surface area contributed by atoms with Gasteiger partial charge in [-0.05, 0) is 38.6 Å². The summed E-state index contributed by atoms with van der Waals surface area (Å²) >= 11 is 0. The number of allylic oxidation sites excluding steroid dienone is 1. The highest BCUT2D eigenvalue weighted by atomic mass is 28.4. The Hall–Kier alpha value is -1.28. The Morgan fingerprint density at radius 2 is 2.16 bits per heavy atom. The van der Waals surface area contributed by atoms with E-state index < -0.39 is 19.8 Å². The molecule has 0 bridgehead atoms. The molecule has 0 spiro atoms. The predicted octanol–water partition coefficient (Wildman–Crippen LogP) is 3.37. The first-order valence-corrected chi connectivity index (χ1v) is 10.0. The average molecular weight is 281 g/mol. The summed E-state index contributed by atoms with van der Waals surface area (Å²) in [5.41, 5.74) is -1.14. The fourth-order valence-electron chi connectivity index (χ4n) is 2.30. The molecule has 0 aromatic rings. The first kappa shape index (κ1) is 15.8. The van der Waals surface area contributed by atoms with Crippen molar-refractivity contribution >= 4 is 14.3 Å². The topological polar surface area (TPSA) is 39.9 Å². The Kier molecular flexibility index (Phi) is 4.80. The summed E-state index contributed by atoms with van der Waals surface area (Å²) in [6, 6.07) is 0. The van der Waals surface area contributed by atoms with E-state index in [-0.39, 0.29) is 5.92 Å². The molecular formula is C14H23NO3Si. The molecule has 4 nitrogen and oxygen atoms in total. The molecular weight excluding hydrogens is 258 g/mol. The first-order valence-electron chi connectivity index (χ1n) is 6.59. The van der Waals surface area contributed by atoms with Crippen LogP contribution in [0.1, 0.15) is 26.2 Å². The summed E-state index contributed by atoms with van der Waals surface area (Å²) in [6.07, 6.45) is 4.64. The van der Waals surface area contributed by atoms with Gasteiger partial charge < -0.3 is 9.16 Å². The van der Waals surface area contributed by atoms with Crippen LogP contribution in [0.5, 0.6) is 0 Å². The highest BCUT2D eigenvalue weighted by Gasteiger charge is 2.49. The van der Waals surface area contributed by atoms with Gasteiger partial charge in [0.1, 0.15) is 0 Å². The molecule has 0 saturated carbocycles. The Bertz CT molecular complexity index is 419. The summed E-state index contributed by atoms with van der Waals surface area (Å²) in [5.74, 6) is 0.352. The molecule has 0 N–H and O–H groups in total. The Morgan fingerprint density at radius 1 is 1.53 bits per heavy atom. The van der Waals surface area contributed by atoms with Gasteiger partial charge in [-0.1, -0.05) is 0 Å². The number of methoxy groups -OCH3 is 1. The molecule has 0 amide bonds. The maximum Gasteiger partial charge on any atom is 0.393 e. The SMILES string of the molecule is [C-]#[N+]C(C)(C(=O)OC)C1C=C(O[Si](C)(C)C)CCC1. The van der Waals surface area contributed by atoms with Crippen LogP contribution in [0.4, 0.5) is 0 Å². The smallest absolute Gasteiger partial charge is 0.393 e. The van der Waals surface area contributed by atoms with E-state index in [1.165, 1.54) is 7.11 Å². The number of esters is 1. The zero-order valence-electron chi connectivity index (χ0n) is 12.4. The molecule has 106 valence electrons. The van der Waals surface area contributed by atoms with Crippen LogP contribution in [-0.2, 0) is 14.0 Å². The summed E-state index contributed by atoms with van der Waals surface area (Å²) in [6.45, 7) is 15.4. The number of ether oxygens (including phenoxy) is 1. The van der Waals surface area contributed by atoms with E-state index in [9.17, 15) is 4.79 Å². The summed E-state index contributed by atoms with van der Waals surface area (Å²) in [4.78, 5) is 15.4. The van der Waals surface area contributed by atoms with Crippen LogP contribution in [-0.4, -0.2) is 26.9 Å². The first-order chi connectivity index (χ1) is 8.73. The highest BCUT2D eigenvalue weighted by Crippen LogP contribution is 2.35. The minimum atomic E-state index is -1.64. The summed E-state index contributed by atoms with van der Waals surface area (Å²) in [5, 5.41) is 0. The lowest BCUT2D eigenvalue weighted by Crippen LogP contribution is -2.41. The standard InChI is InChI=1S/C14H23NO3Si/c1-14(15-2,13(16)17-3)11-8-7-9-12(10-11)18-19(4,5)6/h10-11H,7-9H2,1,3-6H3. The van der Waals surface area contributed by atoms with Gasteiger partial charge in [-0.3, -0.25) is 4.85 Å². The van der Waals surface area contributed by atoms with Gasteiger partial charge >= 0.3 is 11.5 Å². The number of hydrogen-bond donors (Lipinski definition) is 0. The number of hydrogen-bond acceptors (Lipinski definition) is 3. The van der Waals surface area contributed by atoms with Gasteiger partial charge in [0.25, 0.3) is 0 Å². The monoisotopic (exact) mass is 281 g/mol. The van der Waals surface area contributed by atoms with Gasteiger partial charge in [0.2, 0.25) is 8.32 Å². The molecule has 0 saturated heterocycles. The van der Waals surface area contributed by atoms with Crippen molar-refractivity contribution in [3.63, 3.8) is 0 Å². The molecule has 0 aromatic carbocycles. The minimum Gasteiger partial charge on any atom is -0.548 e. The maximum atomic E-state index is 11.9. The molecule has 0 heterocycles. The van der Waals surface area contributed by atoms with E-state index in [1.54, 1.807) is 6.92 Å². The second-order valence-corrected chi connectivity index (χ2v) is 10.5. The Morgan fingerprint density at radius 3 is 2.63 bits per heavy atom. The van der Waals surface area contributed by atoms with Crippen LogP contribution in [0.25, 0.3) is 4.85 Å². The van der Waals surface area contributed by atoms with E-state index in [0.717, 1.165) is 25.0 Å². The quantitative estimate of drug-likeness (QED) is 0.450. The van der Waals surface area contributed by atoms with Crippen molar-refractivity contribution in [2.45, 2.75) is 51.4 Å².